The topological polar surface area (TPSA) is 91.6 Å². The van der Waals surface area contributed by atoms with E-state index in [9.17, 15) is 14.9 Å². The van der Waals surface area contributed by atoms with E-state index in [0.717, 1.165) is 12.8 Å². The molecular weight excluding hydrogens is 298 g/mol. The van der Waals surface area contributed by atoms with Crippen molar-refractivity contribution < 1.29 is 9.72 Å². The summed E-state index contributed by atoms with van der Waals surface area (Å²) in [5, 5.41) is 14.1. The Bertz CT molecular complexity index is 597. The molecule has 2 heterocycles. The minimum atomic E-state index is -0.402. The number of amides is 1. The van der Waals surface area contributed by atoms with Crippen LogP contribution in [0, 0.1) is 10.1 Å². The maximum absolute atomic E-state index is 12.1. The lowest BCUT2D eigenvalue weighted by molar-refractivity contribution is -0.384. The lowest BCUT2D eigenvalue weighted by atomic mass is 10.2. The molecule has 3 rings (SSSR count). The Kier molecular flexibility index (Phi) is 4.42. The molecule has 1 amide bonds. The Morgan fingerprint density at radius 2 is 2.09 bits per heavy atom. The number of rotatable bonds is 5. The largest absolute Gasteiger partial charge is 0.352 e. The minimum Gasteiger partial charge on any atom is -0.352 e. The highest BCUT2D eigenvalue weighted by Gasteiger charge is 2.31. The van der Waals surface area contributed by atoms with Gasteiger partial charge in [-0.3, -0.25) is 19.8 Å². The first kappa shape index (κ1) is 15.7. The molecule has 1 atom stereocenters. The van der Waals surface area contributed by atoms with Gasteiger partial charge in [-0.1, -0.05) is 0 Å². The van der Waals surface area contributed by atoms with Gasteiger partial charge in [0.15, 0.2) is 0 Å². The molecule has 1 N–H and O–H groups in total. The van der Waals surface area contributed by atoms with Crippen molar-refractivity contribution in [2.45, 2.75) is 31.8 Å². The molecule has 1 aromatic rings. The first-order valence-corrected chi connectivity index (χ1v) is 7.95. The molecule has 1 aromatic heterocycles. The molecule has 8 nitrogen and oxygen atoms in total. The van der Waals surface area contributed by atoms with E-state index in [1.54, 1.807) is 12.3 Å². The highest BCUT2D eigenvalue weighted by atomic mass is 16.6. The van der Waals surface area contributed by atoms with Crippen molar-refractivity contribution >= 4 is 17.4 Å². The van der Waals surface area contributed by atoms with Gasteiger partial charge in [0.25, 0.3) is 0 Å². The second-order valence-electron chi connectivity index (χ2n) is 6.09. The van der Waals surface area contributed by atoms with Crippen LogP contribution in [0.5, 0.6) is 0 Å². The lowest BCUT2D eigenvalue weighted by Crippen LogP contribution is -2.54. The zero-order valence-corrected chi connectivity index (χ0v) is 13.1. The number of hydrogen-bond donors (Lipinski definition) is 1. The summed E-state index contributed by atoms with van der Waals surface area (Å²) < 4.78 is 0. The highest BCUT2D eigenvalue weighted by molar-refractivity contribution is 5.81. The van der Waals surface area contributed by atoms with Crippen LogP contribution in [0.2, 0.25) is 0 Å². The quantitative estimate of drug-likeness (QED) is 0.637. The number of nitro groups is 1. The Hall–Kier alpha value is -2.22. The SMILES string of the molecule is C[C@@H](C(=O)NC1CC1)N1CCN(c2ncccc2[N+](=O)[O-])CC1. The zero-order valence-electron chi connectivity index (χ0n) is 13.1. The van der Waals surface area contributed by atoms with E-state index >= 15 is 0 Å². The first-order valence-electron chi connectivity index (χ1n) is 7.95. The Labute approximate surface area is 134 Å². The predicted octanol–water partition coefficient (Wildman–Crippen LogP) is 0.779. The second-order valence-corrected chi connectivity index (χ2v) is 6.09. The van der Waals surface area contributed by atoms with Gasteiger partial charge in [-0.25, -0.2) is 4.98 Å². The van der Waals surface area contributed by atoms with Crippen molar-refractivity contribution in [1.82, 2.24) is 15.2 Å². The summed E-state index contributed by atoms with van der Waals surface area (Å²) >= 11 is 0. The summed E-state index contributed by atoms with van der Waals surface area (Å²) in [5.41, 5.74) is 0.0282. The Morgan fingerprint density at radius 1 is 1.39 bits per heavy atom. The summed E-state index contributed by atoms with van der Waals surface area (Å²) in [7, 11) is 0. The van der Waals surface area contributed by atoms with Gasteiger partial charge in [-0.05, 0) is 25.8 Å². The molecule has 0 spiro atoms. The van der Waals surface area contributed by atoms with Crippen LogP contribution >= 0.6 is 0 Å². The third-order valence-electron chi connectivity index (χ3n) is 4.43. The van der Waals surface area contributed by atoms with Crippen LogP contribution in [-0.2, 0) is 4.79 Å². The summed E-state index contributed by atoms with van der Waals surface area (Å²) in [6.45, 7) is 4.54. The van der Waals surface area contributed by atoms with E-state index in [1.807, 2.05) is 11.8 Å². The van der Waals surface area contributed by atoms with Crippen LogP contribution in [0.4, 0.5) is 11.5 Å². The molecule has 1 aliphatic heterocycles. The maximum atomic E-state index is 12.1. The van der Waals surface area contributed by atoms with Crippen molar-refractivity contribution in [3.8, 4) is 0 Å². The van der Waals surface area contributed by atoms with Gasteiger partial charge in [0, 0.05) is 44.5 Å². The van der Waals surface area contributed by atoms with Crippen molar-refractivity contribution in [1.29, 1.82) is 0 Å². The normalized spacial score (nSPS) is 20.1. The van der Waals surface area contributed by atoms with E-state index in [1.165, 1.54) is 6.07 Å². The number of hydrogen-bond acceptors (Lipinski definition) is 6. The van der Waals surface area contributed by atoms with Crippen LogP contribution in [0.1, 0.15) is 19.8 Å². The molecule has 1 aliphatic carbocycles. The maximum Gasteiger partial charge on any atom is 0.311 e. The van der Waals surface area contributed by atoms with Crippen molar-refractivity contribution in [3.05, 3.63) is 28.4 Å². The van der Waals surface area contributed by atoms with Crippen LogP contribution < -0.4 is 10.2 Å². The van der Waals surface area contributed by atoms with Crippen molar-refractivity contribution in [2.24, 2.45) is 0 Å². The fourth-order valence-corrected chi connectivity index (χ4v) is 2.81. The van der Waals surface area contributed by atoms with E-state index in [-0.39, 0.29) is 17.6 Å². The molecule has 0 radical (unpaired) electrons. The summed E-state index contributed by atoms with van der Waals surface area (Å²) in [6.07, 6.45) is 3.73. The molecule has 2 fully saturated rings. The van der Waals surface area contributed by atoms with Gasteiger partial charge < -0.3 is 10.2 Å². The van der Waals surface area contributed by atoms with E-state index in [0.29, 0.717) is 38.0 Å². The van der Waals surface area contributed by atoms with Crippen molar-refractivity contribution in [3.63, 3.8) is 0 Å². The first-order chi connectivity index (χ1) is 11.1. The monoisotopic (exact) mass is 319 g/mol. The van der Waals surface area contributed by atoms with Crippen LogP contribution in [0.15, 0.2) is 18.3 Å². The molecule has 124 valence electrons. The van der Waals surface area contributed by atoms with Gasteiger partial charge in [-0.15, -0.1) is 0 Å². The number of nitrogens with zero attached hydrogens (tertiary/aromatic N) is 4. The molecule has 1 saturated heterocycles. The molecule has 2 aliphatic rings. The van der Waals surface area contributed by atoms with Gasteiger partial charge in [0.05, 0.1) is 11.0 Å². The highest BCUT2D eigenvalue weighted by Crippen LogP contribution is 2.26. The van der Waals surface area contributed by atoms with Crippen LogP contribution in [0.3, 0.4) is 0 Å². The van der Waals surface area contributed by atoms with Gasteiger partial charge in [0.1, 0.15) is 0 Å². The number of nitrogens with one attached hydrogen (secondary N) is 1. The number of piperazine rings is 1. The average molecular weight is 319 g/mol. The molecule has 0 unspecified atom stereocenters. The Balaban J connectivity index is 1.60. The summed E-state index contributed by atoms with van der Waals surface area (Å²) in [6, 6.07) is 3.24. The van der Waals surface area contributed by atoms with E-state index in [4.69, 9.17) is 0 Å². The number of pyridine rings is 1. The third-order valence-corrected chi connectivity index (χ3v) is 4.43. The number of carbonyl (C=O) groups excluding carboxylic acids is 1. The van der Waals surface area contributed by atoms with Crippen LogP contribution in [0.25, 0.3) is 0 Å². The third kappa shape index (κ3) is 3.58. The second kappa shape index (κ2) is 6.49. The lowest BCUT2D eigenvalue weighted by Gasteiger charge is -2.37. The van der Waals surface area contributed by atoms with Gasteiger partial charge in [0.2, 0.25) is 11.7 Å². The summed E-state index contributed by atoms with van der Waals surface area (Å²) in [5.74, 6) is 0.483. The molecule has 8 heteroatoms. The molecular formula is C15H21N5O3. The molecule has 0 bridgehead atoms. The standard InChI is InChI=1S/C15H21N5O3/c1-11(15(21)17-12-4-5-12)18-7-9-19(10-8-18)14-13(20(22)23)3-2-6-16-14/h2-3,6,11-12H,4-5,7-10H2,1H3,(H,17,21)/t11-/m0/s1. The minimum absolute atomic E-state index is 0.0282. The van der Waals surface area contributed by atoms with Gasteiger partial charge in [-0.2, -0.15) is 0 Å². The average Bonchev–Trinajstić information content (AvgIpc) is 3.38. The number of aromatic nitrogens is 1. The van der Waals surface area contributed by atoms with Crippen LogP contribution in [-0.4, -0.2) is 59.0 Å². The van der Waals surface area contributed by atoms with Gasteiger partial charge >= 0.3 is 5.69 Å². The van der Waals surface area contributed by atoms with E-state index in [2.05, 4.69) is 15.2 Å². The summed E-state index contributed by atoms with van der Waals surface area (Å²) in [4.78, 5) is 31.0. The smallest absolute Gasteiger partial charge is 0.311 e. The molecule has 0 aromatic carbocycles. The Morgan fingerprint density at radius 3 is 2.70 bits per heavy atom. The van der Waals surface area contributed by atoms with Crippen molar-refractivity contribution in [2.75, 3.05) is 31.1 Å². The van der Waals surface area contributed by atoms with E-state index < -0.39 is 4.92 Å². The number of carbonyl (C=O) groups is 1. The molecule has 23 heavy (non-hydrogen) atoms. The fourth-order valence-electron chi connectivity index (χ4n) is 2.81. The zero-order chi connectivity index (χ0) is 16.4. The predicted molar refractivity (Wildman–Crippen MR) is 85.3 cm³/mol. The number of anilines is 1. The fraction of sp³-hybridized carbons (Fsp3) is 0.600. The molecule has 1 saturated carbocycles.